The van der Waals surface area contributed by atoms with Crippen molar-refractivity contribution in [2.45, 2.75) is 6.54 Å². The molecule has 0 saturated heterocycles. The molecule has 0 fully saturated rings. The van der Waals surface area contributed by atoms with E-state index in [4.69, 9.17) is 0 Å². The van der Waals surface area contributed by atoms with Gasteiger partial charge in [-0.15, -0.1) is 0 Å². The predicted molar refractivity (Wildman–Crippen MR) is 71.5 cm³/mol. The molecule has 0 radical (unpaired) electrons. The first-order valence-corrected chi connectivity index (χ1v) is 5.86. The Labute approximate surface area is 111 Å². The number of benzene rings is 2. The minimum absolute atomic E-state index is 0.193. The molecule has 2 aromatic carbocycles. The lowest BCUT2D eigenvalue weighted by atomic mass is 10.1. The van der Waals surface area contributed by atoms with Gasteiger partial charge in [-0.2, -0.15) is 0 Å². The zero-order valence-corrected chi connectivity index (χ0v) is 10.5. The third-order valence-electron chi connectivity index (χ3n) is 2.66. The number of anilines is 1. The first-order valence-electron chi connectivity index (χ1n) is 5.86. The van der Waals surface area contributed by atoms with Crippen molar-refractivity contribution in [3.63, 3.8) is 0 Å². The van der Waals surface area contributed by atoms with Gasteiger partial charge in [-0.3, -0.25) is 0 Å². The van der Waals surface area contributed by atoms with E-state index in [-0.39, 0.29) is 5.56 Å². The molecule has 0 spiro atoms. The van der Waals surface area contributed by atoms with Crippen LogP contribution in [-0.2, 0) is 11.3 Å². The SMILES string of the molecule is COC(=O)c1cc(F)cc(NCc2ccccc2)c1. The van der Waals surface area contributed by atoms with Gasteiger partial charge >= 0.3 is 5.97 Å². The van der Waals surface area contributed by atoms with Crippen LogP contribution in [0, 0.1) is 5.82 Å². The Morgan fingerprint density at radius 2 is 1.95 bits per heavy atom. The molecule has 4 heteroatoms. The summed E-state index contributed by atoms with van der Waals surface area (Å²) in [5.41, 5.74) is 1.81. The molecule has 0 heterocycles. The highest BCUT2D eigenvalue weighted by Gasteiger charge is 2.08. The molecule has 0 amide bonds. The maximum Gasteiger partial charge on any atom is 0.338 e. The predicted octanol–water partition coefficient (Wildman–Crippen LogP) is 3.22. The summed E-state index contributed by atoms with van der Waals surface area (Å²) in [6, 6.07) is 13.8. The van der Waals surface area contributed by atoms with E-state index < -0.39 is 11.8 Å². The van der Waals surface area contributed by atoms with Gasteiger partial charge in [0, 0.05) is 12.2 Å². The van der Waals surface area contributed by atoms with Crippen LogP contribution in [0.4, 0.5) is 10.1 Å². The van der Waals surface area contributed by atoms with E-state index in [1.54, 1.807) is 6.07 Å². The molecule has 19 heavy (non-hydrogen) atoms. The van der Waals surface area contributed by atoms with E-state index in [0.29, 0.717) is 12.2 Å². The highest BCUT2D eigenvalue weighted by Crippen LogP contribution is 2.16. The molecule has 98 valence electrons. The summed E-state index contributed by atoms with van der Waals surface area (Å²) in [5.74, 6) is -1.03. The molecule has 0 aromatic heterocycles. The molecule has 0 aliphatic heterocycles. The van der Waals surface area contributed by atoms with Crippen LogP contribution in [0.1, 0.15) is 15.9 Å². The normalized spacial score (nSPS) is 10.0. The van der Waals surface area contributed by atoms with Gasteiger partial charge in [0.05, 0.1) is 12.7 Å². The summed E-state index contributed by atoms with van der Waals surface area (Å²) >= 11 is 0. The molecule has 2 rings (SSSR count). The van der Waals surface area contributed by atoms with Crippen molar-refractivity contribution in [3.8, 4) is 0 Å². The zero-order chi connectivity index (χ0) is 13.7. The number of carbonyl (C=O) groups is 1. The van der Waals surface area contributed by atoms with Gasteiger partial charge in [-0.25, -0.2) is 9.18 Å². The van der Waals surface area contributed by atoms with E-state index in [2.05, 4.69) is 10.1 Å². The number of hydrogen-bond donors (Lipinski definition) is 1. The minimum Gasteiger partial charge on any atom is -0.465 e. The number of nitrogens with one attached hydrogen (secondary N) is 1. The third kappa shape index (κ3) is 3.55. The van der Waals surface area contributed by atoms with E-state index in [9.17, 15) is 9.18 Å². The molecule has 2 aromatic rings. The van der Waals surface area contributed by atoms with Gasteiger partial charge in [0.1, 0.15) is 5.82 Å². The summed E-state index contributed by atoms with van der Waals surface area (Å²) in [7, 11) is 1.27. The van der Waals surface area contributed by atoms with Crippen molar-refractivity contribution in [1.82, 2.24) is 0 Å². The second-order valence-corrected chi connectivity index (χ2v) is 4.06. The number of esters is 1. The standard InChI is InChI=1S/C15H14FNO2/c1-19-15(18)12-7-13(16)9-14(8-12)17-10-11-5-3-2-4-6-11/h2-9,17H,10H2,1H3. The van der Waals surface area contributed by atoms with E-state index in [1.807, 2.05) is 30.3 Å². The molecule has 3 nitrogen and oxygen atoms in total. The second kappa shape index (κ2) is 6.00. The van der Waals surface area contributed by atoms with E-state index in [1.165, 1.54) is 13.2 Å². The minimum atomic E-state index is -0.553. The van der Waals surface area contributed by atoms with Crippen molar-refractivity contribution in [2.75, 3.05) is 12.4 Å². The fraction of sp³-hybridized carbons (Fsp3) is 0.133. The molecule has 0 atom stereocenters. The van der Waals surface area contributed by atoms with Crippen molar-refractivity contribution in [1.29, 1.82) is 0 Å². The van der Waals surface area contributed by atoms with Gasteiger partial charge in [0.15, 0.2) is 0 Å². The van der Waals surface area contributed by atoms with Gasteiger partial charge in [0.2, 0.25) is 0 Å². The highest BCUT2D eigenvalue weighted by molar-refractivity contribution is 5.90. The van der Waals surface area contributed by atoms with Crippen LogP contribution in [0.2, 0.25) is 0 Å². The Hall–Kier alpha value is -2.36. The maximum atomic E-state index is 13.4. The smallest absolute Gasteiger partial charge is 0.338 e. The Morgan fingerprint density at radius 1 is 1.21 bits per heavy atom. The fourth-order valence-corrected chi connectivity index (χ4v) is 1.73. The van der Waals surface area contributed by atoms with Crippen molar-refractivity contribution < 1.29 is 13.9 Å². The summed E-state index contributed by atoms with van der Waals surface area (Å²) in [6.07, 6.45) is 0. The molecule has 0 unspecified atom stereocenters. The third-order valence-corrected chi connectivity index (χ3v) is 2.66. The number of ether oxygens (including phenoxy) is 1. The van der Waals surface area contributed by atoms with Crippen LogP contribution >= 0.6 is 0 Å². The quantitative estimate of drug-likeness (QED) is 0.857. The van der Waals surface area contributed by atoms with Gasteiger partial charge in [0.25, 0.3) is 0 Å². The van der Waals surface area contributed by atoms with Crippen LogP contribution in [0.25, 0.3) is 0 Å². The van der Waals surface area contributed by atoms with Gasteiger partial charge in [-0.1, -0.05) is 30.3 Å². The van der Waals surface area contributed by atoms with Crippen LogP contribution in [0.15, 0.2) is 48.5 Å². The molecular weight excluding hydrogens is 245 g/mol. The van der Waals surface area contributed by atoms with E-state index in [0.717, 1.165) is 11.6 Å². The lowest BCUT2D eigenvalue weighted by molar-refractivity contribution is 0.0600. The number of carbonyl (C=O) groups excluding carboxylic acids is 1. The molecule has 0 aliphatic rings. The average molecular weight is 259 g/mol. The van der Waals surface area contributed by atoms with E-state index >= 15 is 0 Å². The van der Waals surface area contributed by atoms with Crippen LogP contribution in [0.5, 0.6) is 0 Å². The topological polar surface area (TPSA) is 38.3 Å². The van der Waals surface area contributed by atoms with Crippen molar-refractivity contribution in [3.05, 3.63) is 65.5 Å². The summed E-state index contributed by atoms with van der Waals surface area (Å²) in [5, 5.41) is 3.07. The molecule has 1 N–H and O–H groups in total. The molecule has 0 bridgehead atoms. The first kappa shape index (κ1) is 13.1. The van der Waals surface area contributed by atoms with Crippen LogP contribution in [0.3, 0.4) is 0 Å². The largest absolute Gasteiger partial charge is 0.465 e. The van der Waals surface area contributed by atoms with Gasteiger partial charge < -0.3 is 10.1 Å². The average Bonchev–Trinajstić information content (AvgIpc) is 2.45. The number of halogens is 1. The zero-order valence-electron chi connectivity index (χ0n) is 10.5. The molecule has 0 saturated carbocycles. The molecule has 0 aliphatic carbocycles. The number of methoxy groups -OCH3 is 1. The number of rotatable bonds is 4. The summed E-state index contributed by atoms with van der Waals surface area (Å²) < 4.78 is 18.0. The van der Waals surface area contributed by atoms with Crippen molar-refractivity contribution in [2.24, 2.45) is 0 Å². The van der Waals surface area contributed by atoms with Crippen LogP contribution in [-0.4, -0.2) is 13.1 Å². The summed E-state index contributed by atoms with van der Waals surface area (Å²) in [4.78, 5) is 11.4. The number of hydrogen-bond acceptors (Lipinski definition) is 3. The first-order chi connectivity index (χ1) is 9.19. The maximum absolute atomic E-state index is 13.4. The van der Waals surface area contributed by atoms with Crippen molar-refractivity contribution >= 4 is 11.7 Å². The Balaban J connectivity index is 2.12. The lowest BCUT2D eigenvalue weighted by Gasteiger charge is -2.08. The fourth-order valence-electron chi connectivity index (χ4n) is 1.73. The summed E-state index contributed by atoms with van der Waals surface area (Å²) in [6.45, 7) is 0.560. The lowest BCUT2D eigenvalue weighted by Crippen LogP contribution is -2.05. The van der Waals surface area contributed by atoms with Crippen LogP contribution < -0.4 is 5.32 Å². The Kier molecular flexibility index (Phi) is 4.13. The Morgan fingerprint density at radius 3 is 2.63 bits per heavy atom. The van der Waals surface area contributed by atoms with Gasteiger partial charge in [-0.05, 0) is 23.8 Å². The molecular formula is C15H14FNO2. The monoisotopic (exact) mass is 259 g/mol. The highest BCUT2D eigenvalue weighted by atomic mass is 19.1. The Bertz CT molecular complexity index is 570. The second-order valence-electron chi connectivity index (χ2n) is 4.06.